The lowest BCUT2D eigenvalue weighted by Gasteiger charge is -2.22. The number of amides is 1. The van der Waals surface area contributed by atoms with Crippen LogP contribution in [0.15, 0.2) is 18.3 Å². The quantitative estimate of drug-likeness (QED) is 0.868. The maximum absolute atomic E-state index is 11.6. The standard InChI is InChI=1S/C14H17N3O4/c1-14(2,3)21-13(20)17-10(12(18)19)7-9-5-4-6-16-11(9)8-15/h4-6,10H,7H2,1-3H3,(H,17,20)(H,18,19). The number of aliphatic carboxylic acids is 1. The van der Waals surface area contributed by atoms with E-state index in [4.69, 9.17) is 10.00 Å². The van der Waals surface area contributed by atoms with Crippen LogP contribution < -0.4 is 5.32 Å². The summed E-state index contributed by atoms with van der Waals surface area (Å²) in [7, 11) is 0. The van der Waals surface area contributed by atoms with Crippen LogP contribution in [0, 0.1) is 11.3 Å². The first-order valence-electron chi connectivity index (χ1n) is 6.29. The number of alkyl carbamates (subject to hydrolysis) is 1. The van der Waals surface area contributed by atoms with Gasteiger partial charge in [-0.1, -0.05) is 6.07 Å². The molecule has 0 saturated heterocycles. The average Bonchev–Trinajstić information content (AvgIpc) is 2.36. The van der Waals surface area contributed by atoms with Crippen LogP contribution in [0.3, 0.4) is 0 Å². The van der Waals surface area contributed by atoms with Crippen molar-refractivity contribution in [3.63, 3.8) is 0 Å². The van der Waals surface area contributed by atoms with Gasteiger partial charge in [0.2, 0.25) is 0 Å². The second-order valence-electron chi connectivity index (χ2n) is 5.36. The van der Waals surface area contributed by atoms with Crippen LogP contribution in [0.5, 0.6) is 0 Å². The zero-order chi connectivity index (χ0) is 16.0. The first-order chi connectivity index (χ1) is 9.73. The topological polar surface area (TPSA) is 112 Å². The van der Waals surface area contributed by atoms with Crippen molar-refractivity contribution in [3.8, 4) is 6.07 Å². The second kappa shape index (κ2) is 6.70. The Morgan fingerprint density at radius 2 is 2.19 bits per heavy atom. The molecule has 0 fully saturated rings. The number of rotatable bonds is 4. The summed E-state index contributed by atoms with van der Waals surface area (Å²) >= 11 is 0. The van der Waals surface area contributed by atoms with Gasteiger partial charge in [-0.15, -0.1) is 0 Å². The molecule has 2 N–H and O–H groups in total. The highest BCUT2D eigenvalue weighted by Crippen LogP contribution is 2.10. The van der Waals surface area contributed by atoms with Crippen LogP contribution in [0.2, 0.25) is 0 Å². The molecule has 1 amide bonds. The van der Waals surface area contributed by atoms with Gasteiger partial charge in [0.05, 0.1) is 0 Å². The van der Waals surface area contributed by atoms with Crippen molar-refractivity contribution in [3.05, 3.63) is 29.6 Å². The molecule has 7 nitrogen and oxygen atoms in total. The van der Waals surface area contributed by atoms with Gasteiger partial charge in [-0.25, -0.2) is 14.6 Å². The minimum absolute atomic E-state index is 0.0503. The van der Waals surface area contributed by atoms with E-state index in [0.29, 0.717) is 5.56 Å². The van der Waals surface area contributed by atoms with Gasteiger partial charge < -0.3 is 15.2 Å². The Kier molecular flexibility index (Phi) is 5.24. The molecule has 0 aromatic carbocycles. The Hall–Kier alpha value is -2.62. The molecule has 0 spiro atoms. The molecule has 112 valence electrons. The maximum atomic E-state index is 11.6. The third kappa shape index (κ3) is 5.48. The van der Waals surface area contributed by atoms with E-state index >= 15 is 0 Å². The highest BCUT2D eigenvalue weighted by atomic mass is 16.6. The number of nitrogens with zero attached hydrogens (tertiary/aromatic N) is 2. The molecule has 1 aromatic rings. The van der Waals surface area contributed by atoms with Crippen LogP contribution in [0.25, 0.3) is 0 Å². The summed E-state index contributed by atoms with van der Waals surface area (Å²) in [4.78, 5) is 26.7. The molecule has 0 aliphatic heterocycles. The molecule has 1 rings (SSSR count). The van der Waals surface area contributed by atoms with Crippen LogP contribution in [0.4, 0.5) is 4.79 Å². The van der Waals surface area contributed by atoms with Crippen molar-refractivity contribution >= 4 is 12.1 Å². The third-order valence-corrected chi connectivity index (χ3v) is 2.41. The number of nitriles is 1. The zero-order valence-corrected chi connectivity index (χ0v) is 12.1. The highest BCUT2D eigenvalue weighted by Gasteiger charge is 2.25. The van der Waals surface area contributed by atoms with E-state index < -0.39 is 23.7 Å². The summed E-state index contributed by atoms with van der Waals surface area (Å²) in [5.74, 6) is -1.21. The van der Waals surface area contributed by atoms with E-state index in [2.05, 4.69) is 10.3 Å². The molecule has 1 atom stereocenters. The second-order valence-corrected chi connectivity index (χ2v) is 5.36. The van der Waals surface area contributed by atoms with Crippen molar-refractivity contribution in [1.29, 1.82) is 5.26 Å². The molecule has 21 heavy (non-hydrogen) atoms. The minimum Gasteiger partial charge on any atom is -0.480 e. The van der Waals surface area contributed by atoms with Gasteiger partial charge in [-0.05, 0) is 32.4 Å². The number of carboxylic acids is 1. The van der Waals surface area contributed by atoms with Crippen LogP contribution in [-0.2, 0) is 16.0 Å². The maximum Gasteiger partial charge on any atom is 0.408 e. The van der Waals surface area contributed by atoms with Gasteiger partial charge in [0.1, 0.15) is 23.4 Å². The average molecular weight is 291 g/mol. The number of carbonyl (C=O) groups is 2. The number of carbonyl (C=O) groups excluding carboxylic acids is 1. The van der Waals surface area contributed by atoms with Crippen LogP contribution in [-0.4, -0.2) is 33.8 Å². The van der Waals surface area contributed by atoms with Crippen LogP contribution >= 0.6 is 0 Å². The molecule has 0 bridgehead atoms. The number of hydrogen-bond donors (Lipinski definition) is 2. The first-order valence-corrected chi connectivity index (χ1v) is 6.29. The molecule has 1 heterocycles. The van der Waals surface area contributed by atoms with E-state index in [9.17, 15) is 14.7 Å². The number of hydrogen-bond acceptors (Lipinski definition) is 5. The molecule has 0 aliphatic rings. The Labute approximate surface area is 122 Å². The van der Waals surface area contributed by atoms with Crippen molar-refractivity contribution in [1.82, 2.24) is 10.3 Å². The van der Waals surface area contributed by atoms with Gasteiger partial charge in [0, 0.05) is 12.6 Å². The minimum atomic E-state index is -1.21. The largest absolute Gasteiger partial charge is 0.480 e. The SMILES string of the molecule is CC(C)(C)OC(=O)NC(Cc1cccnc1C#N)C(=O)O. The van der Waals surface area contributed by atoms with Gasteiger partial charge in [-0.3, -0.25) is 0 Å². The normalized spacial score (nSPS) is 12.1. The van der Waals surface area contributed by atoms with Gasteiger partial charge in [0.25, 0.3) is 0 Å². The monoisotopic (exact) mass is 291 g/mol. The predicted molar refractivity (Wildman–Crippen MR) is 73.4 cm³/mol. The van der Waals surface area contributed by atoms with Crippen molar-refractivity contribution in [2.75, 3.05) is 0 Å². The summed E-state index contributed by atoms with van der Waals surface area (Å²) < 4.78 is 5.02. The third-order valence-electron chi connectivity index (χ3n) is 2.41. The summed E-state index contributed by atoms with van der Waals surface area (Å²) in [5, 5.41) is 20.4. The van der Waals surface area contributed by atoms with E-state index in [1.807, 2.05) is 6.07 Å². The lowest BCUT2D eigenvalue weighted by molar-refractivity contribution is -0.139. The molecule has 0 radical (unpaired) electrons. The van der Waals surface area contributed by atoms with Gasteiger partial charge in [0.15, 0.2) is 0 Å². The molecule has 0 saturated carbocycles. The Balaban J connectivity index is 2.82. The fourth-order valence-corrected chi connectivity index (χ4v) is 1.57. The number of nitrogens with one attached hydrogen (secondary N) is 1. The van der Waals surface area contributed by atoms with Crippen LogP contribution in [0.1, 0.15) is 32.0 Å². The molecule has 7 heteroatoms. The van der Waals surface area contributed by atoms with Crippen molar-refractivity contribution in [2.45, 2.75) is 38.8 Å². The first kappa shape index (κ1) is 16.4. The molecule has 0 aliphatic carbocycles. The number of ether oxygens (including phenoxy) is 1. The molecular formula is C14H17N3O4. The number of pyridine rings is 1. The number of aromatic nitrogens is 1. The summed E-state index contributed by atoms with van der Waals surface area (Å²) in [6, 6.07) is 3.88. The Morgan fingerprint density at radius 3 is 2.71 bits per heavy atom. The summed E-state index contributed by atoms with van der Waals surface area (Å²) in [6.45, 7) is 5.03. The number of carboxylic acid groups (broad SMARTS) is 1. The smallest absolute Gasteiger partial charge is 0.408 e. The lowest BCUT2D eigenvalue weighted by Crippen LogP contribution is -2.44. The van der Waals surface area contributed by atoms with Gasteiger partial charge >= 0.3 is 12.1 Å². The van der Waals surface area contributed by atoms with Gasteiger partial charge in [-0.2, -0.15) is 5.26 Å². The fraction of sp³-hybridized carbons (Fsp3) is 0.429. The summed E-state index contributed by atoms with van der Waals surface area (Å²) in [5.41, 5.74) is -0.141. The van der Waals surface area contributed by atoms with E-state index in [-0.39, 0.29) is 12.1 Å². The molecule has 1 unspecified atom stereocenters. The zero-order valence-electron chi connectivity index (χ0n) is 12.1. The van der Waals surface area contributed by atoms with Crippen molar-refractivity contribution in [2.24, 2.45) is 0 Å². The lowest BCUT2D eigenvalue weighted by atomic mass is 10.0. The highest BCUT2D eigenvalue weighted by molar-refractivity contribution is 5.80. The Morgan fingerprint density at radius 1 is 1.52 bits per heavy atom. The van der Waals surface area contributed by atoms with E-state index in [1.54, 1.807) is 32.9 Å². The molecular weight excluding hydrogens is 274 g/mol. The van der Waals surface area contributed by atoms with Crippen molar-refractivity contribution < 1.29 is 19.4 Å². The summed E-state index contributed by atoms with van der Waals surface area (Å²) in [6.07, 6.45) is 0.571. The van der Waals surface area contributed by atoms with E-state index in [0.717, 1.165) is 0 Å². The molecule has 1 aromatic heterocycles. The Bertz CT molecular complexity index is 572. The fourth-order valence-electron chi connectivity index (χ4n) is 1.57. The van der Waals surface area contributed by atoms with E-state index in [1.165, 1.54) is 6.20 Å². The predicted octanol–water partition coefficient (Wildman–Crippen LogP) is 1.47.